The van der Waals surface area contributed by atoms with Crippen molar-refractivity contribution in [2.75, 3.05) is 27.4 Å². The number of hydrogen-bond donors (Lipinski definition) is 0. The van der Waals surface area contributed by atoms with Crippen LogP contribution in [0.2, 0.25) is 0 Å². The van der Waals surface area contributed by atoms with Crippen molar-refractivity contribution in [3.05, 3.63) is 34.4 Å². The first kappa shape index (κ1) is 31.6. The van der Waals surface area contributed by atoms with Crippen molar-refractivity contribution in [3.8, 4) is 5.75 Å². The van der Waals surface area contributed by atoms with Crippen LogP contribution >= 0.6 is 69.6 Å². The molecule has 0 spiro atoms. The van der Waals surface area contributed by atoms with Gasteiger partial charge in [0.25, 0.3) is 5.69 Å². The van der Waals surface area contributed by atoms with E-state index in [0.717, 1.165) is 0 Å². The Bertz CT molecular complexity index is 768. The smallest absolute Gasteiger partial charge is 0.424 e. The third kappa shape index (κ3) is 12.6. The lowest BCUT2D eigenvalue weighted by atomic mass is 10.3. The highest BCUT2D eigenvalue weighted by Crippen LogP contribution is 2.53. The molecule has 1 aromatic carbocycles. The predicted molar refractivity (Wildman–Crippen MR) is 130 cm³/mol. The van der Waals surface area contributed by atoms with Gasteiger partial charge < -0.3 is 4.52 Å². The van der Waals surface area contributed by atoms with Gasteiger partial charge in [-0.2, -0.15) is 0 Å². The van der Waals surface area contributed by atoms with Crippen LogP contribution in [0.5, 0.6) is 5.75 Å². The highest BCUT2D eigenvalue weighted by molar-refractivity contribution is 9.13. The molecule has 0 aliphatic rings. The Labute approximate surface area is 212 Å². The fourth-order valence-electron chi connectivity index (χ4n) is 1.50. The van der Waals surface area contributed by atoms with E-state index in [9.17, 15) is 14.7 Å². The van der Waals surface area contributed by atoms with E-state index in [1.165, 1.54) is 38.5 Å². The van der Waals surface area contributed by atoms with Gasteiger partial charge in [0.1, 0.15) is 5.75 Å². The Balaban J connectivity index is 0.000000615. The summed E-state index contributed by atoms with van der Waals surface area (Å²) in [5, 5.41) is 9.57. The molecule has 0 N–H and O–H groups in total. The largest absolute Gasteiger partial charge is 0.475 e. The number of rotatable bonds is 12. The maximum Gasteiger partial charge on any atom is 0.475 e. The second kappa shape index (κ2) is 14.8. The van der Waals surface area contributed by atoms with E-state index in [2.05, 4.69) is 40.9 Å². The molecule has 0 aliphatic heterocycles. The van der Waals surface area contributed by atoms with E-state index in [4.69, 9.17) is 53.1 Å². The number of non-ortho nitro benzene ring substituents is 1. The summed E-state index contributed by atoms with van der Waals surface area (Å²) in [6.45, 7) is 1.52. The van der Waals surface area contributed by atoms with Gasteiger partial charge in [0, 0.05) is 38.2 Å². The number of benzene rings is 1. The standard InChI is InChI=1S/C10H14NO5PS.C4H7Br2Cl2O4P/c1-3-14-17(18,15-4-2)16-10-7-5-9(6-8-10)11(12)13;1-10-13(9,11-2)12-3(5)4(6,7)8/h5-8H,3-4H2,1-2H3;3H,1-2H3. The van der Waals surface area contributed by atoms with Crippen LogP contribution in [0.25, 0.3) is 0 Å². The van der Waals surface area contributed by atoms with Crippen LogP contribution < -0.4 is 4.52 Å². The molecule has 10 nitrogen and oxygen atoms in total. The Morgan fingerprint density at radius 3 is 1.94 bits per heavy atom. The van der Waals surface area contributed by atoms with Crippen LogP contribution in [0.1, 0.15) is 13.8 Å². The van der Waals surface area contributed by atoms with E-state index in [1.54, 1.807) is 13.8 Å². The van der Waals surface area contributed by atoms with Crippen molar-refractivity contribution in [2.24, 2.45) is 0 Å². The molecule has 0 fully saturated rings. The Morgan fingerprint density at radius 2 is 1.61 bits per heavy atom. The number of hydrogen-bond acceptors (Lipinski definition) is 10. The molecular formula is C14H21Br2Cl2NO9P2S. The summed E-state index contributed by atoms with van der Waals surface area (Å²) >= 11 is 22.2. The lowest BCUT2D eigenvalue weighted by Crippen LogP contribution is -2.21. The summed E-state index contributed by atoms with van der Waals surface area (Å²) in [6.07, 6.45) is 0. The minimum atomic E-state index is -3.58. The molecule has 0 aromatic heterocycles. The molecule has 0 bridgehead atoms. The third-order valence-electron chi connectivity index (χ3n) is 2.77. The van der Waals surface area contributed by atoms with E-state index in [1.807, 2.05) is 0 Å². The van der Waals surface area contributed by atoms with Crippen molar-refractivity contribution in [1.29, 1.82) is 0 Å². The van der Waals surface area contributed by atoms with E-state index >= 15 is 0 Å². The van der Waals surface area contributed by atoms with Crippen LogP contribution in [0.3, 0.4) is 0 Å². The van der Waals surface area contributed by atoms with Gasteiger partial charge in [0.05, 0.1) is 18.1 Å². The van der Waals surface area contributed by atoms with E-state index in [0.29, 0.717) is 19.0 Å². The van der Waals surface area contributed by atoms with Crippen molar-refractivity contribution < 1.29 is 36.6 Å². The van der Waals surface area contributed by atoms with Crippen LogP contribution in [0.15, 0.2) is 24.3 Å². The molecular weight excluding hydrogens is 651 g/mol. The lowest BCUT2D eigenvalue weighted by molar-refractivity contribution is -0.384. The molecule has 0 saturated carbocycles. The molecule has 0 heterocycles. The molecule has 1 unspecified atom stereocenters. The molecule has 17 heteroatoms. The van der Waals surface area contributed by atoms with E-state index in [-0.39, 0.29) is 5.69 Å². The summed E-state index contributed by atoms with van der Waals surface area (Å²) in [5.74, 6) is 0.394. The first-order chi connectivity index (χ1) is 14.3. The van der Waals surface area contributed by atoms with Gasteiger partial charge in [-0.3, -0.25) is 32.7 Å². The summed E-state index contributed by atoms with van der Waals surface area (Å²) in [6, 6.07) is 5.62. The van der Waals surface area contributed by atoms with Gasteiger partial charge in [0.15, 0.2) is 5.01 Å². The molecule has 1 rings (SSSR count). The Hall–Kier alpha value is 0.640. The third-order valence-corrected chi connectivity index (χ3v) is 9.68. The van der Waals surface area contributed by atoms with Crippen molar-refractivity contribution in [2.45, 2.75) is 22.1 Å². The van der Waals surface area contributed by atoms with Gasteiger partial charge in [-0.1, -0.05) is 39.1 Å². The molecule has 0 amide bonds. The SMILES string of the molecule is CCOP(=S)(OCC)Oc1ccc([N+](=O)[O-])cc1.COP(=O)(OC)OC(Br)C(Cl)(Cl)Br. The highest BCUT2D eigenvalue weighted by atomic mass is 79.9. The zero-order valence-corrected chi connectivity index (χ0v) is 24.0. The number of nitrogens with zero attached hydrogens (tertiary/aromatic N) is 1. The normalized spacial score (nSPS) is 13.2. The maximum absolute atomic E-state index is 11.4. The number of phosphoric ester groups is 1. The average molecular weight is 672 g/mol. The fraction of sp³-hybridized carbons (Fsp3) is 0.571. The predicted octanol–water partition coefficient (Wildman–Crippen LogP) is 6.92. The zero-order valence-electron chi connectivity index (χ0n) is 16.7. The number of nitro benzene ring substituents is 1. The van der Waals surface area contributed by atoms with Crippen molar-refractivity contribution >= 4 is 87.1 Å². The summed E-state index contributed by atoms with van der Waals surface area (Å²) in [4.78, 5) is 10.0. The molecule has 180 valence electrons. The molecule has 1 aromatic rings. The van der Waals surface area contributed by atoms with Crippen LogP contribution in [0, 0.1) is 10.1 Å². The topological polar surface area (TPSA) is 116 Å². The van der Waals surface area contributed by atoms with Gasteiger partial charge in [0.2, 0.25) is 3.24 Å². The quantitative estimate of drug-likeness (QED) is 0.100. The Kier molecular flexibility index (Phi) is 15.1. The number of nitro groups is 1. The molecule has 0 saturated heterocycles. The first-order valence-electron chi connectivity index (χ1n) is 8.19. The van der Waals surface area contributed by atoms with Gasteiger partial charge >= 0.3 is 14.5 Å². The molecule has 1 atom stereocenters. The van der Waals surface area contributed by atoms with Crippen LogP contribution in [-0.2, 0) is 39.0 Å². The van der Waals surface area contributed by atoms with Crippen LogP contribution in [0.4, 0.5) is 5.69 Å². The van der Waals surface area contributed by atoms with Gasteiger partial charge in [-0.25, -0.2) is 4.57 Å². The molecule has 0 aliphatic carbocycles. The number of halogens is 4. The second-order valence-electron chi connectivity index (χ2n) is 4.90. The molecule has 0 radical (unpaired) electrons. The summed E-state index contributed by atoms with van der Waals surface area (Å²) in [7, 11) is -1.21. The van der Waals surface area contributed by atoms with Crippen LogP contribution in [-0.4, -0.2) is 40.6 Å². The number of phosphoric acid groups is 1. The Morgan fingerprint density at radius 1 is 1.16 bits per heavy atom. The maximum atomic E-state index is 11.4. The zero-order chi connectivity index (χ0) is 24.3. The highest BCUT2D eigenvalue weighted by Gasteiger charge is 2.38. The van der Waals surface area contributed by atoms with E-state index < -0.39 is 27.7 Å². The fourth-order valence-corrected chi connectivity index (χ4v) is 5.35. The van der Waals surface area contributed by atoms with Crippen molar-refractivity contribution in [3.63, 3.8) is 0 Å². The van der Waals surface area contributed by atoms with Crippen molar-refractivity contribution in [1.82, 2.24) is 0 Å². The second-order valence-corrected chi connectivity index (χ2v) is 14.1. The minimum absolute atomic E-state index is 0.0107. The number of alkyl halides is 4. The summed E-state index contributed by atoms with van der Waals surface area (Å²) in [5.41, 5.74) is -0.0107. The monoisotopic (exact) mass is 669 g/mol. The van der Waals surface area contributed by atoms with Gasteiger partial charge in [-0.15, -0.1) is 0 Å². The van der Waals surface area contributed by atoms with Gasteiger partial charge in [-0.05, 0) is 41.9 Å². The lowest BCUT2D eigenvalue weighted by Gasteiger charge is -2.22. The average Bonchev–Trinajstić information content (AvgIpc) is 2.68. The summed E-state index contributed by atoms with van der Waals surface area (Å²) < 4.78 is 39.8. The minimum Gasteiger partial charge on any atom is -0.424 e. The first-order valence-corrected chi connectivity index (χ1v) is 14.7. The molecule has 31 heavy (non-hydrogen) atoms.